The predicted octanol–water partition coefficient (Wildman–Crippen LogP) is 0.651. The van der Waals surface area contributed by atoms with Gasteiger partial charge in [0.25, 0.3) is 0 Å². The van der Waals surface area contributed by atoms with Crippen LogP contribution < -0.4 is 5.32 Å². The van der Waals surface area contributed by atoms with E-state index < -0.39 is 11.0 Å². The Balaban J connectivity index is 1.96. The zero-order valence-electron chi connectivity index (χ0n) is 8.29. The average Bonchev–Trinajstić information content (AvgIpc) is 2.73. The van der Waals surface area contributed by atoms with Crippen molar-refractivity contribution in [1.29, 1.82) is 5.26 Å². The summed E-state index contributed by atoms with van der Waals surface area (Å²) in [4.78, 5) is 0. The van der Waals surface area contributed by atoms with Crippen LogP contribution in [-0.4, -0.2) is 23.8 Å². The monoisotopic (exact) mass is 192 g/mol. The number of rotatable bonds is 1. The number of nitrogens with one attached hydrogen (secondary N) is 1. The summed E-state index contributed by atoms with van der Waals surface area (Å²) in [6.07, 6.45) is 4.54. The molecular weight excluding hydrogens is 176 g/mol. The van der Waals surface area contributed by atoms with E-state index in [4.69, 9.17) is 0 Å². The van der Waals surface area contributed by atoms with Gasteiger partial charge >= 0.3 is 0 Å². The molecule has 1 heterocycles. The fraction of sp³-hybridized carbons (Fsp3) is 0.909. The lowest BCUT2D eigenvalue weighted by molar-refractivity contribution is -0.116. The molecule has 3 heteroatoms. The molecule has 3 rings (SSSR count). The van der Waals surface area contributed by atoms with Gasteiger partial charge in [0.15, 0.2) is 0 Å². The van der Waals surface area contributed by atoms with Crippen molar-refractivity contribution in [3.05, 3.63) is 0 Å². The minimum absolute atomic E-state index is 0.416. The summed E-state index contributed by atoms with van der Waals surface area (Å²) in [5, 5.41) is 22.9. The molecule has 2 N–H and O–H groups in total. The smallest absolute Gasteiger partial charge is 0.108 e. The van der Waals surface area contributed by atoms with Crippen LogP contribution in [0.5, 0.6) is 0 Å². The van der Waals surface area contributed by atoms with Crippen LogP contribution in [0, 0.1) is 28.6 Å². The number of aliphatic hydroxyl groups is 1. The fourth-order valence-corrected chi connectivity index (χ4v) is 3.82. The van der Waals surface area contributed by atoms with E-state index in [0.717, 1.165) is 12.8 Å². The Kier molecular flexibility index (Phi) is 1.55. The van der Waals surface area contributed by atoms with Gasteiger partial charge in [-0.05, 0) is 31.1 Å². The predicted molar refractivity (Wildman–Crippen MR) is 51.3 cm³/mol. The Hall–Kier alpha value is -0.590. The van der Waals surface area contributed by atoms with Gasteiger partial charge in [-0.2, -0.15) is 5.26 Å². The number of nitriles is 1. The maximum absolute atomic E-state index is 10.4. The van der Waals surface area contributed by atoms with Gasteiger partial charge in [-0.15, -0.1) is 0 Å². The molecule has 1 saturated heterocycles. The number of hydrogen-bond acceptors (Lipinski definition) is 3. The lowest BCUT2D eigenvalue weighted by Gasteiger charge is -2.51. The number of fused-ring (bicyclic) bond motifs is 2. The zero-order valence-corrected chi connectivity index (χ0v) is 8.29. The molecule has 0 amide bonds. The van der Waals surface area contributed by atoms with Gasteiger partial charge < -0.3 is 10.4 Å². The Morgan fingerprint density at radius 3 is 2.50 bits per heavy atom. The van der Waals surface area contributed by atoms with Crippen LogP contribution in [0.15, 0.2) is 0 Å². The lowest BCUT2D eigenvalue weighted by Crippen LogP contribution is -2.69. The molecule has 3 nitrogen and oxygen atoms in total. The molecule has 0 aromatic carbocycles. The van der Waals surface area contributed by atoms with Gasteiger partial charge in [0, 0.05) is 13.1 Å². The minimum atomic E-state index is -0.721. The highest BCUT2D eigenvalue weighted by Gasteiger charge is 2.64. The molecule has 3 fully saturated rings. The Morgan fingerprint density at radius 2 is 2.14 bits per heavy atom. The van der Waals surface area contributed by atoms with Crippen molar-refractivity contribution in [1.82, 2.24) is 5.32 Å². The van der Waals surface area contributed by atoms with E-state index in [2.05, 4.69) is 11.4 Å². The third-order valence-electron chi connectivity index (χ3n) is 4.71. The first-order valence-electron chi connectivity index (χ1n) is 5.54. The summed E-state index contributed by atoms with van der Waals surface area (Å²) in [5.74, 6) is 1.17. The van der Waals surface area contributed by atoms with Gasteiger partial charge in [-0.3, -0.25) is 0 Å². The quantitative estimate of drug-likeness (QED) is 0.641. The zero-order chi connectivity index (χ0) is 9.81. The van der Waals surface area contributed by atoms with E-state index in [1.54, 1.807) is 0 Å². The van der Waals surface area contributed by atoms with E-state index in [-0.39, 0.29) is 0 Å². The highest BCUT2D eigenvalue weighted by Crippen LogP contribution is 2.60. The highest BCUT2D eigenvalue weighted by molar-refractivity contribution is 5.23. The Morgan fingerprint density at radius 1 is 1.36 bits per heavy atom. The van der Waals surface area contributed by atoms with Crippen molar-refractivity contribution in [3.8, 4) is 6.07 Å². The summed E-state index contributed by atoms with van der Waals surface area (Å²) < 4.78 is 0. The third-order valence-corrected chi connectivity index (χ3v) is 4.71. The summed E-state index contributed by atoms with van der Waals surface area (Å²) in [7, 11) is 0. The van der Waals surface area contributed by atoms with E-state index in [0.29, 0.717) is 24.9 Å². The van der Waals surface area contributed by atoms with Crippen LogP contribution in [0.4, 0.5) is 0 Å². The molecule has 2 saturated carbocycles. The molecule has 0 spiro atoms. The normalized spacial score (nSPS) is 48.6. The van der Waals surface area contributed by atoms with Crippen LogP contribution in [0.3, 0.4) is 0 Å². The first-order valence-corrected chi connectivity index (χ1v) is 5.54. The van der Waals surface area contributed by atoms with Crippen molar-refractivity contribution in [2.24, 2.45) is 17.3 Å². The maximum Gasteiger partial charge on any atom is 0.108 e. The number of hydrogen-bond donors (Lipinski definition) is 2. The molecule has 2 bridgehead atoms. The van der Waals surface area contributed by atoms with Gasteiger partial charge in [0.1, 0.15) is 5.60 Å². The topological polar surface area (TPSA) is 56.0 Å². The number of β-amino-alcohol motifs (C(OH)–C–C–N with tert-alkyl or cyclic N) is 1. The van der Waals surface area contributed by atoms with Crippen LogP contribution in [-0.2, 0) is 0 Å². The largest absolute Gasteiger partial charge is 0.386 e. The highest BCUT2D eigenvalue weighted by atomic mass is 16.3. The van der Waals surface area contributed by atoms with Crippen molar-refractivity contribution >= 4 is 0 Å². The summed E-state index contributed by atoms with van der Waals surface area (Å²) in [6, 6.07) is 2.46. The van der Waals surface area contributed by atoms with Crippen molar-refractivity contribution in [2.75, 3.05) is 13.1 Å². The first-order chi connectivity index (χ1) is 6.70. The second-order valence-corrected chi connectivity index (χ2v) is 5.30. The van der Waals surface area contributed by atoms with Crippen molar-refractivity contribution in [2.45, 2.75) is 31.3 Å². The van der Waals surface area contributed by atoms with Crippen LogP contribution in [0.25, 0.3) is 0 Å². The summed E-state index contributed by atoms with van der Waals surface area (Å²) in [5.41, 5.74) is -1.14. The minimum Gasteiger partial charge on any atom is -0.386 e. The summed E-state index contributed by atoms with van der Waals surface area (Å²) in [6.45, 7) is 1.23. The molecule has 0 aromatic rings. The van der Waals surface area contributed by atoms with Crippen LogP contribution >= 0.6 is 0 Å². The maximum atomic E-state index is 10.4. The van der Waals surface area contributed by atoms with E-state index in [9.17, 15) is 10.4 Å². The van der Waals surface area contributed by atoms with Gasteiger partial charge in [-0.1, -0.05) is 6.42 Å². The lowest BCUT2D eigenvalue weighted by atomic mass is 9.61. The summed E-state index contributed by atoms with van der Waals surface area (Å²) >= 11 is 0. The SMILES string of the molecule is N#CC1(C2(O)CNC2)CC2CCC1C2. The van der Waals surface area contributed by atoms with Crippen molar-refractivity contribution < 1.29 is 5.11 Å². The Bertz CT molecular complexity index is 305. The molecule has 76 valence electrons. The number of nitrogens with zero attached hydrogens (tertiary/aromatic N) is 1. The molecule has 0 radical (unpaired) electrons. The average molecular weight is 192 g/mol. The van der Waals surface area contributed by atoms with E-state index >= 15 is 0 Å². The first kappa shape index (κ1) is 8.70. The molecule has 14 heavy (non-hydrogen) atoms. The second kappa shape index (κ2) is 2.50. The van der Waals surface area contributed by atoms with E-state index in [1.807, 2.05) is 0 Å². The second-order valence-electron chi connectivity index (χ2n) is 5.30. The molecule has 3 aliphatic rings. The van der Waals surface area contributed by atoms with Crippen LogP contribution in [0.2, 0.25) is 0 Å². The Labute approximate surface area is 84.1 Å². The molecular formula is C11H16N2O. The third kappa shape index (κ3) is 0.796. The standard InChI is InChI=1S/C11H16N2O/c12-5-10(11(14)6-13-7-11)4-8-1-2-9(10)3-8/h8-9,13-14H,1-4,6-7H2. The fourth-order valence-electron chi connectivity index (χ4n) is 3.82. The molecule has 3 atom stereocenters. The van der Waals surface area contributed by atoms with Crippen molar-refractivity contribution in [3.63, 3.8) is 0 Å². The molecule has 0 aromatic heterocycles. The van der Waals surface area contributed by atoms with Gasteiger partial charge in [0.05, 0.1) is 11.5 Å². The van der Waals surface area contributed by atoms with Gasteiger partial charge in [-0.25, -0.2) is 0 Å². The molecule has 3 unspecified atom stereocenters. The molecule has 2 aliphatic carbocycles. The van der Waals surface area contributed by atoms with Gasteiger partial charge in [0.2, 0.25) is 0 Å². The van der Waals surface area contributed by atoms with E-state index in [1.165, 1.54) is 12.8 Å². The van der Waals surface area contributed by atoms with Crippen LogP contribution in [0.1, 0.15) is 25.7 Å². The molecule has 1 aliphatic heterocycles.